The minimum Gasteiger partial charge on any atom is -0.484 e. The van der Waals surface area contributed by atoms with Crippen LogP contribution < -0.4 is 4.74 Å². The van der Waals surface area contributed by atoms with E-state index < -0.39 is 0 Å². The first-order valence-corrected chi connectivity index (χ1v) is 7.30. The molecule has 0 aliphatic carbocycles. The van der Waals surface area contributed by atoms with Gasteiger partial charge in [-0.05, 0) is 43.0 Å². The van der Waals surface area contributed by atoms with Crippen LogP contribution in [0, 0.1) is 0 Å². The van der Waals surface area contributed by atoms with Gasteiger partial charge in [-0.3, -0.25) is 4.79 Å². The Balaban J connectivity index is 1.89. The zero-order chi connectivity index (χ0) is 13.7. The Morgan fingerprint density at radius 3 is 2.74 bits per heavy atom. The molecule has 1 aliphatic rings. The number of halogens is 1. The van der Waals surface area contributed by atoms with E-state index in [2.05, 4.69) is 15.9 Å². The normalized spacial score (nSPS) is 15.4. The van der Waals surface area contributed by atoms with E-state index in [4.69, 9.17) is 9.84 Å². The van der Waals surface area contributed by atoms with Crippen LogP contribution >= 0.6 is 15.9 Å². The molecule has 5 heteroatoms. The average molecular weight is 328 g/mol. The van der Waals surface area contributed by atoms with Gasteiger partial charge in [0.05, 0.1) is 6.61 Å². The van der Waals surface area contributed by atoms with Crippen LogP contribution in [-0.2, 0) is 11.4 Å². The van der Waals surface area contributed by atoms with Crippen LogP contribution in [0.2, 0.25) is 0 Å². The number of piperidine rings is 1. The summed E-state index contributed by atoms with van der Waals surface area (Å²) in [5, 5.41) is 9.16. The first-order chi connectivity index (χ1) is 9.20. The van der Waals surface area contributed by atoms with Crippen molar-refractivity contribution < 1.29 is 14.6 Å². The third-order valence-corrected chi connectivity index (χ3v) is 4.03. The van der Waals surface area contributed by atoms with Crippen LogP contribution in [0.4, 0.5) is 0 Å². The van der Waals surface area contributed by atoms with Crippen LogP contribution in [0.1, 0.15) is 24.8 Å². The molecule has 0 atom stereocenters. The Morgan fingerprint density at radius 1 is 1.32 bits per heavy atom. The average Bonchev–Trinajstić information content (AvgIpc) is 2.47. The van der Waals surface area contributed by atoms with Gasteiger partial charge in [-0.1, -0.05) is 15.9 Å². The molecule has 104 valence electrons. The molecule has 19 heavy (non-hydrogen) atoms. The van der Waals surface area contributed by atoms with Crippen molar-refractivity contribution in [2.45, 2.75) is 25.9 Å². The predicted molar refractivity (Wildman–Crippen MR) is 76.0 cm³/mol. The van der Waals surface area contributed by atoms with E-state index in [1.165, 1.54) is 6.42 Å². The Kier molecular flexibility index (Phi) is 5.22. The number of carbonyl (C=O) groups excluding carboxylic acids is 1. The number of rotatable bonds is 4. The second-order valence-electron chi connectivity index (χ2n) is 4.64. The zero-order valence-corrected chi connectivity index (χ0v) is 12.4. The van der Waals surface area contributed by atoms with Crippen molar-refractivity contribution in [1.82, 2.24) is 4.90 Å². The lowest BCUT2D eigenvalue weighted by molar-refractivity contribution is -0.134. The van der Waals surface area contributed by atoms with Gasteiger partial charge < -0.3 is 14.7 Å². The van der Waals surface area contributed by atoms with E-state index in [9.17, 15) is 4.79 Å². The van der Waals surface area contributed by atoms with E-state index >= 15 is 0 Å². The molecule has 0 bridgehead atoms. The molecule has 1 saturated heterocycles. The number of hydrogen-bond acceptors (Lipinski definition) is 3. The van der Waals surface area contributed by atoms with E-state index in [1.54, 1.807) is 12.1 Å². The first kappa shape index (κ1) is 14.3. The van der Waals surface area contributed by atoms with Crippen LogP contribution in [0.15, 0.2) is 22.7 Å². The van der Waals surface area contributed by atoms with Crippen molar-refractivity contribution in [2.24, 2.45) is 0 Å². The van der Waals surface area contributed by atoms with Crippen LogP contribution in [0.3, 0.4) is 0 Å². The number of aliphatic hydroxyl groups is 1. The highest BCUT2D eigenvalue weighted by atomic mass is 79.9. The number of hydrogen-bond donors (Lipinski definition) is 1. The van der Waals surface area contributed by atoms with Gasteiger partial charge in [0.1, 0.15) is 5.75 Å². The number of ether oxygens (including phenoxy) is 1. The van der Waals surface area contributed by atoms with Gasteiger partial charge in [0, 0.05) is 17.6 Å². The topological polar surface area (TPSA) is 49.8 Å². The molecule has 1 aliphatic heterocycles. The minimum absolute atomic E-state index is 0.0353. The van der Waals surface area contributed by atoms with Gasteiger partial charge in [0.2, 0.25) is 0 Å². The molecule has 1 fully saturated rings. The first-order valence-electron chi connectivity index (χ1n) is 6.50. The SMILES string of the molecule is O=C(COc1ccc(Br)c(CO)c1)N1CCCCC1. The molecule has 4 nitrogen and oxygen atoms in total. The third-order valence-electron chi connectivity index (χ3n) is 3.26. The Hall–Kier alpha value is -1.07. The number of likely N-dealkylation sites (tertiary alicyclic amines) is 1. The molecule has 0 spiro atoms. The summed E-state index contributed by atoms with van der Waals surface area (Å²) in [6, 6.07) is 5.34. The quantitative estimate of drug-likeness (QED) is 0.923. The number of aliphatic hydroxyl groups excluding tert-OH is 1. The van der Waals surface area contributed by atoms with E-state index in [1.807, 2.05) is 11.0 Å². The fourth-order valence-corrected chi connectivity index (χ4v) is 2.51. The van der Waals surface area contributed by atoms with E-state index in [0.717, 1.165) is 36.0 Å². The van der Waals surface area contributed by atoms with E-state index in [0.29, 0.717) is 5.75 Å². The maximum atomic E-state index is 11.9. The van der Waals surface area contributed by atoms with Crippen molar-refractivity contribution in [2.75, 3.05) is 19.7 Å². The van der Waals surface area contributed by atoms with Crippen molar-refractivity contribution in [3.05, 3.63) is 28.2 Å². The maximum absolute atomic E-state index is 11.9. The summed E-state index contributed by atoms with van der Waals surface area (Å²) >= 11 is 3.34. The summed E-state index contributed by atoms with van der Waals surface area (Å²) in [4.78, 5) is 13.8. The maximum Gasteiger partial charge on any atom is 0.260 e. The monoisotopic (exact) mass is 327 g/mol. The molecule has 1 heterocycles. The Morgan fingerprint density at radius 2 is 2.05 bits per heavy atom. The zero-order valence-electron chi connectivity index (χ0n) is 10.8. The second kappa shape index (κ2) is 6.91. The van der Waals surface area contributed by atoms with Gasteiger partial charge in [-0.15, -0.1) is 0 Å². The third kappa shape index (κ3) is 3.94. The number of benzene rings is 1. The largest absolute Gasteiger partial charge is 0.484 e. The highest BCUT2D eigenvalue weighted by Crippen LogP contribution is 2.22. The highest BCUT2D eigenvalue weighted by molar-refractivity contribution is 9.10. The molecular weight excluding hydrogens is 310 g/mol. The van der Waals surface area contributed by atoms with Gasteiger partial charge in [0.25, 0.3) is 5.91 Å². The Labute approximate surface area is 121 Å². The summed E-state index contributed by atoms with van der Waals surface area (Å²) < 4.78 is 6.33. The molecule has 1 aromatic rings. The van der Waals surface area contributed by atoms with Crippen molar-refractivity contribution in [3.8, 4) is 5.75 Å². The number of carbonyl (C=O) groups is 1. The van der Waals surface area contributed by atoms with Gasteiger partial charge >= 0.3 is 0 Å². The lowest BCUT2D eigenvalue weighted by Gasteiger charge is -2.26. The molecule has 2 rings (SSSR count). The van der Waals surface area contributed by atoms with Crippen molar-refractivity contribution in [3.63, 3.8) is 0 Å². The van der Waals surface area contributed by atoms with Gasteiger partial charge in [0.15, 0.2) is 6.61 Å². The molecule has 1 N–H and O–H groups in total. The lowest BCUT2D eigenvalue weighted by Crippen LogP contribution is -2.38. The molecule has 0 unspecified atom stereocenters. The smallest absolute Gasteiger partial charge is 0.260 e. The summed E-state index contributed by atoms with van der Waals surface area (Å²) in [7, 11) is 0. The molecule has 0 radical (unpaired) electrons. The molecule has 1 aromatic carbocycles. The Bertz CT molecular complexity index is 444. The van der Waals surface area contributed by atoms with Crippen LogP contribution in [0.5, 0.6) is 5.75 Å². The number of nitrogens with zero attached hydrogens (tertiary/aromatic N) is 1. The lowest BCUT2D eigenvalue weighted by atomic mass is 10.1. The highest BCUT2D eigenvalue weighted by Gasteiger charge is 2.16. The predicted octanol–water partition coefficient (Wildman–Crippen LogP) is 2.33. The van der Waals surface area contributed by atoms with Gasteiger partial charge in [-0.25, -0.2) is 0 Å². The van der Waals surface area contributed by atoms with Crippen LogP contribution in [0.25, 0.3) is 0 Å². The van der Waals surface area contributed by atoms with E-state index in [-0.39, 0.29) is 19.1 Å². The molecule has 0 aromatic heterocycles. The second-order valence-corrected chi connectivity index (χ2v) is 5.50. The summed E-state index contributed by atoms with van der Waals surface area (Å²) in [5.41, 5.74) is 0.753. The van der Waals surface area contributed by atoms with Crippen molar-refractivity contribution in [1.29, 1.82) is 0 Å². The fourth-order valence-electron chi connectivity index (χ4n) is 2.14. The fraction of sp³-hybridized carbons (Fsp3) is 0.500. The van der Waals surface area contributed by atoms with Crippen LogP contribution in [-0.4, -0.2) is 35.6 Å². The van der Waals surface area contributed by atoms with Crippen molar-refractivity contribution >= 4 is 21.8 Å². The summed E-state index contributed by atoms with van der Waals surface area (Å²) in [6.45, 7) is 1.68. The summed E-state index contributed by atoms with van der Waals surface area (Å²) in [5.74, 6) is 0.644. The van der Waals surface area contributed by atoms with Gasteiger partial charge in [-0.2, -0.15) is 0 Å². The molecular formula is C14H18BrNO3. The summed E-state index contributed by atoms with van der Waals surface area (Å²) in [6.07, 6.45) is 3.37. The standard InChI is InChI=1S/C14H18BrNO3/c15-13-5-4-12(8-11(13)9-17)19-10-14(18)16-6-2-1-3-7-16/h4-5,8,17H,1-3,6-7,9-10H2. The molecule has 1 amide bonds. The minimum atomic E-state index is -0.0577. The molecule has 0 saturated carbocycles. The number of amides is 1.